The van der Waals surface area contributed by atoms with E-state index < -0.39 is 0 Å². The highest BCUT2D eigenvalue weighted by Crippen LogP contribution is 2.28. The Labute approximate surface area is 158 Å². The van der Waals surface area contributed by atoms with Crippen LogP contribution in [0.4, 0.5) is 0 Å². The van der Waals surface area contributed by atoms with Crippen LogP contribution in [0.2, 0.25) is 0 Å². The second kappa shape index (κ2) is 8.62. The Balaban J connectivity index is 1.58. The molecule has 4 N–H and O–H groups in total. The fraction of sp³-hybridized carbons (Fsp3) is 0.238. The summed E-state index contributed by atoms with van der Waals surface area (Å²) in [7, 11) is 3.07. The number of hydrogen-bond acceptors (Lipinski definition) is 6. The molecule has 0 radical (unpaired) electrons. The van der Waals surface area contributed by atoms with Crippen molar-refractivity contribution in [3.05, 3.63) is 59.7 Å². The molecule has 1 fully saturated rings. The van der Waals surface area contributed by atoms with Crippen LogP contribution in [0.25, 0.3) is 12.2 Å². The predicted molar refractivity (Wildman–Crippen MR) is 106 cm³/mol. The fourth-order valence-electron chi connectivity index (χ4n) is 2.91. The van der Waals surface area contributed by atoms with Gasteiger partial charge in [0.2, 0.25) is 0 Å². The topological polar surface area (TPSA) is 83.0 Å². The summed E-state index contributed by atoms with van der Waals surface area (Å²) in [5.74, 6) is 1.18. The molecule has 0 aromatic heterocycles. The summed E-state index contributed by atoms with van der Waals surface area (Å²) < 4.78 is 10.3. The normalized spacial score (nSPS) is 19.8. The minimum absolute atomic E-state index is 0.131. The van der Waals surface area contributed by atoms with Crippen molar-refractivity contribution in [2.24, 2.45) is 0 Å². The highest BCUT2D eigenvalue weighted by molar-refractivity contribution is 5.57. The second-order valence-electron chi connectivity index (χ2n) is 6.32. The lowest BCUT2D eigenvalue weighted by molar-refractivity contribution is 0.373. The molecule has 1 saturated heterocycles. The van der Waals surface area contributed by atoms with E-state index in [1.165, 1.54) is 14.2 Å². The first-order valence-electron chi connectivity index (χ1n) is 8.70. The Kier molecular flexibility index (Phi) is 6.01. The standard InChI is InChI=1S/C21H24N2O4/c1-26-20-11-14(5-9-18(20)24)3-7-16-13-17(23-22-16)8-4-15-6-10-19(25)21(12-15)27-2/h3-12,16-17,22-25H,13H2,1-2H3/b7-3+,8-4+. The first-order chi connectivity index (χ1) is 13.1. The maximum absolute atomic E-state index is 9.65. The Morgan fingerprint density at radius 2 is 1.26 bits per heavy atom. The van der Waals surface area contributed by atoms with Gasteiger partial charge in [-0.1, -0.05) is 36.4 Å². The highest BCUT2D eigenvalue weighted by atomic mass is 16.5. The van der Waals surface area contributed by atoms with Crippen molar-refractivity contribution in [2.75, 3.05) is 14.2 Å². The third-order valence-corrected chi connectivity index (χ3v) is 4.41. The van der Waals surface area contributed by atoms with Crippen molar-refractivity contribution in [2.45, 2.75) is 18.5 Å². The zero-order chi connectivity index (χ0) is 19.2. The molecular weight excluding hydrogens is 344 g/mol. The molecule has 2 atom stereocenters. The van der Waals surface area contributed by atoms with E-state index in [1.54, 1.807) is 24.3 Å². The number of hydrazine groups is 1. The zero-order valence-electron chi connectivity index (χ0n) is 15.3. The van der Waals surface area contributed by atoms with Crippen molar-refractivity contribution < 1.29 is 19.7 Å². The van der Waals surface area contributed by atoms with Gasteiger partial charge >= 0.3 is 0 Å². The number of ether oxygens (including phenoxy) is 2. The van der Waals surface area contributed by atoms with Crippen LogP contribution in [0, 0.1) is 0 Å². The van der Waals surface area contributed by atoms with E-state index in [0.29, 0.717) is 11.5 Å². The number of hydrogen-bond donors (Lipinski definition) is 4. The van der Waals surface area contributed by atoms with Crippen LogP contribution in [0.15, 0.2) is 48.6 Å². The molecule has 0 amide bonds. The molecule has 0 bridgehead atoms. The Hall–Kier alpha value is -2.96. The summed E-state index contributed by atoms with van der Waals surface area (Å²) in [6.45, 7) is 0. The van der Waals surface area contributed by atoms with Gasteiger partial charge in [0, 0.05) is 12.1 Å². The molecule has 6 heteroatoms. The molecule has 0 aliphatic carbocycles. The third-order valence-electron chi connectivity index (χ3n) is 4.41. The van der Waals surface area contributed by atoms with E-state index in [2.05, 4.69) is 23.0 Å². The summed E-state index contributed by atoms with van der Waals surface area (Å²) >= 11 is 0. The molecule has 0 spiro atoms. The lowest BCUT2D eigenvalue weighted by Gasteiger charge is -2.05. The molecule has 2 unspecified atom stereocenters. The van der Waals surface area contributed by atoms with Gasteiger partial charge in [-0.2, -0.15) is 0 Å². The number of phenolic OH excluding ortho intramolecular Hbond substituents is 2. The number of phenols is 2. The Morgan fingerprint density at radius 3 is 1.67 bits per heavy atom. The van der Waals surface area contributed by atoms with E-state index in [1.807, 2.05) is 24.3 Å². The largest absolute Gasteiger partial charge is 0.504 e. The van der Waals surface area contributed by atoms with E-state index in [9.17, 15) is 10.2 Å². The van der Waals surface area contributed by atoms with Gasteiger partial charge in [-0.25, -0.2) is 0 Å². The average Bonchev–Trinajstić information content (AvgIpc) is 3.14. The summed E-state index contributed by atoms with van der Waals surface area (Å²) in [5, 5.41) is 19.3. The highest BCUT2D eigenvalue weighted by Gasteiger charge is 2.19. The van der Waals surface area contributed by atoms with Gasteiger partial charge in [0.1, 0.15) is 0 Å². The molecule has 3 rings (SSSR count). The van der Waals surface area contributed by atoms with Gasteiger partial charge < -0.3 is 19.7 Å². The van der Waals surface area contributed by atoms with Crippen LogP contribution in [-0.2, 0) is 0 Å². The van der Waals surface area contributed by atoms with Gasteiger partial charge in [0.25, 0.3) is 0 Å². The average molecular weight is 368 g/mol. The van der Waals surface area contributed by atoms with Crippen molar-refractivity contribution in [1.82, 2.24) is 10.9 Å². The molecule has 2 aromatic rings. The molecule has 1 heterocycles. The van der Waals surface area contributed by atoms with Crippen LogP contribution in [0.1, 0.15) is 17.5 Å². The fourth-order valence-corrected chi connectivity index (χ4v) is 2.91. The minimum atomic E-state index is 0.131. The van der Waals surface area contributed by atoms with E-state index >= 15 is 0 Å². The Morgan fingerprint density at radius 1 is 0.815 bits per heavy atom. The molecule has 6 nitrogen and oxygen atoms in total. The third kappa shape index (κ3) is 4.81. The van der Waals surface area contributed by atoms with Gasteiger partial charge in [-0.05, 0) is 41.8 Å². The van der Waals surface area contributed by atoms with Gasteiger partial charge in [-0.15, -0.1) is 0 Å². The van der Waals surface area contributed by atoms with Crippen LogP contribution in [0.5, 0.6) is 23.0 Å². The van der Waals surface area contributed by atoms with Crippen LogP contribution < -0.4 is 20.3 Å². The summed E-state index contributed by atoms with van der Waals surface area (Å²) in [5.41, 5.74) is 8.42. The SMILES string of the molecule is COc1cc(/C=C/C2CC(/C=C/c3ccc(O)c(OC)c3)NN2)ccc1O. The predicted octanol–water partition coefficient (Wildman–Crippen LogP) is 3.08. The molecule has 0 saturated carbocycles. The van der Waals surface area contributed by atoms with Gasteiger partial charge in [0.05, 0.1) is 14.2 Å². The van der Waals surface area contributed by atoms with Crippen molar-refractivity contribution in [3.8, 4) is 23.0 Å². The van der Waals surface area contributed by atoms with Crippen molar-refractivity contribution in [3.63, 3.8) is 0 Å². The number of nitrogens with one attached hydrogen (secondary N) is 2. The number of aromatic hydroxyl groups is 2. The molecule has 1 aliphatic rings. The summed E-state index contributed by atoms with van der Waals surface area (Å²) in [4.78, 5) is 0. The maximum Gasteiger partial charge on any atom is 0.161 e. The van der Waals surface area contributed by atoms with E-state index in [-0.39, 0.29) is 23.6 Å². The zero-order valence-corrected chi connectivity index (χ0v) is 15.3. The lowest BCUT2D eigenvalue weighted by Crippen LogP contribution is -2.31. The number of benzene rings is 2. The Bertz CT molecular complexity index is 779. The number of rotatable bonds is 6. The molecule has 142 valence electrons. The van der Waals surface area contributed by atoms with Crippen LogP contribution in [-0.4, -0.2) is 36.5 Å². The number of methoxy groups -OCH3 is 2. The monoisotopic (exact) mass is 368 g/mol. The molecule has 27 heavy (non-hydrogen) atoms. The smallest absolute Gasteiger partial charge is 0.161 e. The summed E-state index contributed by atoms with van der Waals surface area (Å²) in [6, 6.07) is 10.9. The molecule has 1 aliphatic heterocycles. The first kappa shape index (κ1) is 18.8. The van der Waals surface area contributed by atoms with Gasteiger partial charge in [0.15, 0.2) is 23.0 Å². The quantitative estimate of drug-likeness (QED) is 0.627. The minimum Gasteiger partial charge on any atom is -0.504 e. The maximum atomic E-state index is 9.65. The van der Waals surface area contributed by atoms with Crippen LogP contribution >= 0.6 is 0 Å². The first-order valence-corrected chi connectivity index (χ1v) is 8.70. The van der Waals surface area contributed by atoms with Crippen molar-refractivity contribution in [1.29, 1.82) is 0 Å². The summed E-state index contributed by atoms with van der Waals surface area (Å²) in [6.07, 6.45) is 9.06. The lowest BCUT2D eigenvalue weighted by atomic mass is 10.1. The van der Waals surface area contributed by atoms with E-state index in [4.69, 9.17) is 9.47 Å². The second-order valence-corrected chi connectivity index (χ2v) is 6.32. The van der Waals surface area contributed by atoms with E-state index in [0.717, 1.165) is 17.5 Å². The molecular formula is C21H24N2O4. The van der Waals surface area contributed by atoms with Crippen LogP contribution in [0.3, 0.4) is 0 Å². The van der Waals surface area contributed by atoms with Gasteiger partial charge in [-0.3, -0.25) is 10.9 Å². The van der Waals surface area contributed by atoms with Crippen molar-refractivity contribution >= 4 is 12.2 Å². The molecule has 2 aromatic carbocycles.